The van der Waals surface area contributed by atoms with E-state index in [4.69, 9.17) is 14.2 Å². The quantitative estimate of drug-likeness (QED) is 0.778. The van der Waals surface area contributed by atoms with E-state index in [0.29, 0.717) is 43.6 Å². The van der Waals surface area contributed by atoms with Gasteiger partial charge in [-0.1, -0.05) is 0 Å². The zero-order valence-corrected chi connectivity index (χ0v) is 15.2. The third kappa shape index (κ3) is 3.85. The first-order valence-corrected chi connectivity index (χ1v) is 9.17. The minimum atomic E-state index is -0.262. The van der Waals surface area contributed by atoms with Gasteiger partial charge in [0.25, 0.3) is 0 Å². The van der Waals surface area contributed by atoms with Crippen LogP contribution in [0.4, 0.5) is 0 Å². The van der Waals surface area contributed by atoms with Crippen molar-refractivity contribution in [1.29, 1.82) is 0 Å². The zero-order valence-electron chi connectivity index (χ0n) is 14.4. The largest absolute Gasteiger partial charge is 0.497 e. The highest BCUT2D eigenvalue weighted by atomic mass is 32.2. The lowest BCUT2D eigenvalue weighted by molar-refractivity contribution is -0.141. The molecule has 0 unspecified atom stereocenters. The molecule has 7 nitrogen and oxygen atoms in total. The van der Waals surface area contributed by atoms with E-state index >= 15 is 0 Å². The number of amides is 2. The molecule has 1 aromatic carbocycles. The Kier molecular flexibility index (Phi) is 5.70. The molecule has 25 heavy (non-hydrogen) atoms. The van der Waals surface area contributed by atoms with Crippen molar-refractivity contribution < 1.29 is 23.8 Å². The van der Waals surface area contributed by atoms with Gasteiger partial charge in [-0.25, -0.2) is 0 Å². The molecule has 0 bridgehead atoms. The Balaban J connectivity index is 1.81. The van der Waals surface area contributed by atoms with Crippen molar-refractivity contribution in [2.75, 3.05) is 52.8 Å². The van der Waals surface area contributed by atoms with Crippen LogP contribution in [0.2, 0.25) is 0 Å². The number of rotatable bonds is 5. The molecule has 3 rings (SSSR count). The van der Waals surface area contributed by atoms with Gasteiger partial charge in [0.1, 0.15) is 23.4 Å². The Bertz CT molecular complexity index is 648. The molecule has 2 heterocycles. The SMILES string of the molecule is COc1ccc(OC)c([C@@H]2SCC(=O)N2CC(=O)N2CCOCC2)c1. The molecule has 0 N–H and O–H groups in total. The summed E-state index contributed by atoms with van der Waals surface area (Å²) in [7, 11) is 3.19. The van der Waals surface area contributed by atoms with Crippen LogP contribution in [0.25, 0.3) is 0 Å². The van der Waals surface area contributed by atoms with Gasteiger partial charge in [0.05, 0.1) is 33.2 Å². The van der Waals surface area contributed by atoms with E-state index in [1.165, 1.54) is 11.8 Å². The smallest absolute Gasteiger partial charge is 0.242 e. The first kappa shape index (κ1) is 17.9. The molecule has 2 saturated heterocycles. The van der Waals surface area contributed by atoms with Crippen molar-refractivity contribution in [3.05, 3.63) is 23.8 Å². The number of carbonyl (C=O) groups is 2. The molecule has 0 saturated carbocycles. The van der Waals surface area contributed by atoms with Crippen LogP contribution in [-0.4, -0.2) is 74.4 Å². The number of morpholine rings is 1. The number of methoxy groups -OCH3 is 2. The number of thioether (sulfide) groups is 1. The third-order valence-electron chi connectivity index (χ3n) is 4.34. The molecule has 2 fully saturated rings. The van der Waals surface area contributed by atoms with E-state index in [1.807, 2.05) is 18.2 Å². The summed E-state index contributed by atoms with van der Waals surface area (Å²) in [6.07, 6.45) is 0. The van der Waals surface area contributed by atoms with Crippen LogP contribution in [0.5, 0.6) is 11.5 Å². The minimum absolute atomic E-state index is 0.0403. The molecular formula is C17H22N2O5S. The number of ether oxygens (including phenoxy) is 3. The maximum atomic E-state index is 12.6. The first-order valence-electron chi connectivity index (χ1n) is 8.12. The second kappa shape index (κ2) is 7.97. The van der Waals surface area contributed by atoms with E-state index in [9.17, 15) is 9.59 Å². The molecule has 1 atom stereocenters. The normalized spacial score (nSPS) is 20.7. The average molecular weight is 366 g/mol. The highest BCUT2D eigenvalue weighted by Crippen LogP contribution is 2.43. The Labute approximate surface area is 151 Å². The van der Waals surface area contributed by atoms with E-state index in [-0.39, 0.29) is 23.7 Å². The van der Waals surface area contributed by atoms with Crippen molar-refractivity contribution in [2.24, 2.45) is 0 Å². The number of benzene rings is 1. The van der Waals surface area contributed by atoms with Crippen molar-refractivity contribution >= 4 is 23.6 Å². The van der Waals surface area contributed by atoms with Gasteiger partial charge in [-0.3, -0.25) is 9.59 Å². The zero-order chi connectivity index (χ0) is 17.8. The lowest BCUT2D eigenvalue weighted by Crippen LogP contribution is -2.46. The number of hydrogen-bond donors (Lipinski definition) is 0. The molecule has 0 aromatic heterocycles. The number of carbonyl (C=O) groups excluding carboxylic acids is 2. The van der Waals surface area contributed by atoms with Crippen LogP contribution in [0.15, 0.2) is 18.2 Å². The van der Waals surface area contributed by atoms with Crippen LogP contribution in [0.3, 0.4) is 0 Å². The fourth-order valence-electron chi connectivity index (χ4n) is 2.97. The molecule has 2 aliphatic heterocycles. The Hall–Kier alpha value is -1.93. The average Bonchev–Trinajstić information content (AvgIpc) is 3.02. The summed E-state index contributed by atoms with van der Waals surface area (Å²) in [4.78, 5) is 28.3. The highest BCUT2D eigenvalue weighted by molar-refractivity contribution is 8.00. The summed E-state index contributed by atoms with van der Waals surface area (Å²) < 4.78 is 16.0. The molecule has 1 aromatic rings. The molecule has 136 valence electrons. The molecule has 8 heteroatoms. The molecule has 2 aliphatic rings. The lowest BCUT2D eigenvalue weighted by atomic mass is 10.1. The molecule has 0 radical (unpaired) electrons. The fraction of sp³-hybridized carbons (Fsp3) is 0.529. The van der Waals surface area contributed by atoms with Crippen LogP contribution in [-0.2, 0) is 14.3 Å². The predicted octanol–water partition coefficient (Wildman–Crippen LogP) is 1.14. The van der Waals surface area contributed by atoms with Crippen LogP contribution >= 0.6 is 11.8 Å². The summed E-state index contributed by atoms with van der Waals surface area (Å²) in [5, 5.41) is -0.262. The van der Waals surface area contributed by atoms with E-state index in [2.05, 4.69) is 0 Å². The highest BCUT2D eigenvalue weighted by Gasteiger charge is 2.37. The van der Waals surface area contributed by atoms with Gasteiger partial charge in [0.15, 0.2) is 0 Å². The second-order valence-corrected chi connectivity index (χ2v) is 6.85. The summed E-state index contributed by atoms with van der Waals surface area (Å²) in [6, 6.07) is 5.49. The van der Waals surface area contributed by atoms with E-state index in [1.54, 1.807) is 24.0 Å². The maximum absolute atomic E-state index is 12.6. The van der Waals surface area contributed by atoms with Crippen molar-refractivity contribution in [1.82, 2.24) is 9.80 Å². The summed E-state index contributed by atoms with van der Waals surface area (Å²) in [5.41, 5.74) is 0.840. The Morgan fingerprint density at radius 1 is 1.28 bits per heavy atom. The first-order chi connectivity index (χ1) is 12.1. The molecule has 2 amide bonds. The Morgan fingerprint density at radius 3 is 2.72 bits per heavy atom. The molecule has 0 aliphatic carbocycles. The van der Waals surface area contributed by atoms with Gasteiger partial charge >= 0.3 is 0 Å². The second-order valence-electron chi connectivity index (χ2n) is 5.79. The number of nitrogens with zero attached hydrogens (tertiary/aromatic N) is 2. The molecule has 0 spiro atoms. The van der Waals surface area contributed by atoms with Gasteiger partial charge in [0.2, 0.25) is 11.8 Å². The fourth-order valence-corrected chi connectivity index (χ4v) is 4.18. The van der Waals surface area contributed by atoms with Gasteiger partial charge in [-0.15, -0.1) is 11.8 Å². The predicted molar refractivity (Wildman–Crippen MR) is 93.9 cm³/mol. The third-order valence-corrected chi connectivity index (χ3v) is 5.58. The monoisotopic (exact) mass is 366 g/mol. The van der Waals surface area contributed by atoms with Crippen molar-refractivity contribution in [3.63, 3.8) is 0 Å². The van der Waals surface area contributed by atoms with Gasteiger partial charge < -0.3 is 24.0 Å². The van der Waals surface area contributed by atoms with E-state index < -0.39 is 0 Å². The van der Waals surface area contributed by atoms with E-state index in [0.717, 1.165) is 5.56 Å². The van der Waals surface area contributed by atoms with Crippen molar-refractivity contribution in [2.45, 2.75) is 5.37 Å². The van der Waals surface area contributed by atoms with Gasteiger partial charge in [0, 0.05) is 18.7 Å². The standard InChI is InChI=1S/C17H22N2O5S/c1-22-12-3-4-14(23-2)13(9-12)17-19(16(21)11-25-17)10-15(20)18-5-7-24-8-6-18/h3-4,9,17H,5-8,10-11H2,1-2H3/t17-/m0/s1. The maximum Gasteiger partial charge on any atom is 0.242 e. The van der Waals surface area contributed by atoms with Crippen molar-refractivity contribution in [3.8, 4) is 11.5 Å². The van der Waals surface area contributed by atoms with Crippen LogP contribution < -0.4 is 9.47 Å². The lowest BCUT2D eigenvalue weighted by Gasteiger charge is -2.31. The topological polar surface area (TPSA) is 68.3 Å². The van der Waals surface area contributed by atoms with Crippen LogP contribution in [0, 0.1) is 0 Å². The molecular weight excluding hydrogens is 344 g/mol. The Morgan fingerprint density at radius 2 is 2.04 bits per heavy atom. The minimum Gasteiger partial charge on any atom is -0.497 e. The van der Waals surface area contributed by atoms with Gasteiger partial charge in [-0.2, -0.15) is 0 Å². The van der Waals surface area contributed by atoms with Crippen LogP contribution in [0.1, 0.15) is 10.9 Å². The van der Waals surface area contributed by atoms with Gasteiger partial charge in [-0.05, 0) is 18.2 Å². The summed E-state index contributed by atoms with van der Waals surface area (Å²) in [5.74, 6) is 1.63. The summed E-state index contributed by atoms with van der Waals surface area (Å²) in [6.45, 7) is 2.29. The number of hydrogen-bond acceptors (Lipinski definition) is 6. The summed E-state index contributed by atoms with van der Waals surface area (Å²) >= 11 is 1.49.